The van der Waals surface area contributed by atoms with Crippen LogP contribution in [-0.2, 0) is 0 Å². The van der Waals surface area contributed by atoms with Crippen LogP contribution in [0.5, 0.6) is 0 Å². The molecule has 1 aliphatic rings. The summed E-state index contributed by atoms with van der Waals surface area (Å²) in [5, 5.41) is 14.1. The molecule has 162 valence electrons. The first-order valence-corrected chi connectivity index (χ1v) is 11.2. The van der Waals surface area contributed by atoms with E-state index < -0.39 is 0 Å². The van der Waals surface area contributed by atoms with Gasteiger partial charge >= 0.3 is 0 Å². The zero-order chi connectivity index (χ0) is 22.3. The maximum absolute atomic E-state index is 4.93. The van der Waals surface area contributed by atoms with Gasteiger partial charge in [0.05, 0.1) is 12.4 Å². The molecule has 2 atom stereocenters. The van der Waals surface area contributed by atoms with E-state index in [0.717, 1.165) is 11.1 Å². The van der Waals surface area contributed by atoms with Gasteiger partial charge in [0.15, 0.2) is 0 Å². The molecule has 0 N–H and O–H groups in total. The smallest absolute Gasteiger partial charge is 0.125 e. The van der Waals surface area contributed by atoms with E-state index in [0.29, 0.717) is 6.67 Å². The molecule has 0 bridgehead atoms. The van der Waals surface area contributed by atoms with Crippen molar-refractivity contribution in [3.63, 3.8) is 0 Å². The van der Waals surface area contributed by atoms with Gasteiger partial charge in [0.25, 0.3) is 0 Å². The molecule has 4 aromatic carbocycles. The Hall–Kier alpha value is -4.18. The zero-order valence-electron chi connectivity index (χ0n) is 18.4. The van der Waals surface area contributed by atoms with E-state index in [2.05, 4.69) is 94.9 Å². The average molecular weight is 431 g/mol. The van der Waals surface area contributed by atoms with E-state index in [-0.39, 0.29) is 12.1 Å². The fourth-order valence-corrected chi connectivity index (χ4v) is 4.24. The van der Waals surface area contributed by atoms with Crippen molar-refractivity contribution < 1.29 is 0 Å². The summed E-state index contributed by atoms with van der Waals surface area (Å²) < 4.78 is 0. The summed E-state index contributed by atoms with van der Waals surface area (Å²) in [5.74, 6) is 0. The standard InChI is InChI=1S/C29H26N4/c1-5-13-24(14-6-1)21-30-32-23-33(31-22-25-15-7-2-8-16-25)29(27-19-11-4-12-20-27)28(32)26-17-9-3-10-18-26/h1-22,28-29H,23H2/b30-21+,31-22+. The van der Waals surface area contributed by atoms with Gasteiger partial charge in [-0.3, -0.25) is 10.0 Å². The summed E-state index contributed by atoms with van der Waals surface area (Å²) in [7, 11) is 0. The van der Waals surface area contributed by atoms with E-state index in [1.165, 1.54) is 11.1 Å². The van der Waals surface area contributed by atoms with Crippen LogP contribution in [0.1, 0.15) is 34.3 Å². The van der Waals surface area contributed by atoms with Gasteiger partial charge in [-0.05, 0) is 22.3 Å². The minimum atomic E-state index is 0.0292. The predicted octanol–water partition coefficient (Wildman–Crippen LogP) is 6.11. The number of hydrogen-bond donors (Lipinski definition) is 0. The Balaban J connectivity index is 1.55. The molecular weight excluding hydrogens is 404 g/mol. The van der Waals surface area contributed by atoms with Crippen molar-refractivity contribution in [3.05, 3.63) is 144 Å². The number of rotatable bonds is 6. The molecule has 4 heteroatoms. The maximum Gasteiger partial charge on any atom is 0.125 e. The molecule has 33 heavy (non-hydrogen) atoms. The van der Waals surface area contributed by atoms with Crippen LogP contribution in [0.4, 0.5) is 0 Å². The highest BCUT2D eigenvalue weighted by Crippen LogP contribution is 2.44. The Kier molecular flexibility index (Phi) is 6.25. The van der Waals surface area contributed by atoms with Crippen LogP contribution in [0.15, 0.2) is 132 Å². The Morgan fingerprint density at radius 2 is 0.818 bits per heavy atom. The van der Waals surface area contributed by atoms with E-state index in [1.807, 2.05) is 48.8 Å². The summed E-state index contributed by atoms with van der Waals surface area (Å²) >= 11 is 0. The van der Waals surface area contributed by atoms with Gasteiger partial charge in [-0.25, -0.2) is 0 Å². The third kappa shape index (κ3) is 4.85. The molecule has 0 radical (unpaired) electrons. The van der Waals surface area contributed by atoms with Crippen molar-refractivity contribution in [2.45, 2.75) is 12.1 Å². The van der Waals surface area contributed by atoms with E-state index in [1.54, 1.807) is 0 Å². The van der Waals surface area contributed by atoms with Gasteiger partial charge in [0, 0.05) is 0 Å². The third-order valence-electron chi connectivity index (χ3n) is 5.82. The summed E-state index contributed by atoms with van der Waals surface area (Å²) in [6, 6.07) is 41.7. The summed E-state index contributed by atoms with van der Waals surface area (Å²) in [6.07, 6.45) is 3.87. The lowest BCUT2D eigenvalue weighted by Gasteiger charge is -2.26. The summed E-state index contributed by atoms with van der Waals surface area (Å²) in [4.78, 5) is 0. The van der Waals surface area contributed by atoms with Crippen LogP contribution in [0.25, 0.3) is 0 Å². The molecule has 1 saturated heterocycles. The monoisotopic (exact) mass is 430 g/mol. The van der Waals surface area contributed by atoms with Gasteiger partial charge in [-0.15, -0.1) is 0 Å². The molecule has 4 nitrogen and oxygen atoms in total. The van der Waals surface area contributed by atoms with Crippen LogP contribution < -0.4 is 0 Å². The molecule has 4 aromatic rings. The van der Waals surface area contributed by atoms with Crippen LogP contribution in [0, 0.1) is 0 Å². The third-order valence-corrected chi connectivity index (χ3v) is 5.82. The second-order valence-electron chi connectivity index (χ2n) is 8.04. The van der Waals surface area contributed by atoms with Gasteiger partial charge in [0.1, 0.15) is 18.8 Å². The second kappa shape index (κ2) is 9.96. The predicted molar refractivity (Wildman–Crippen MR) is 135 cm³/mol. The first kappa shape index (κ1) is 20.7. The van der Waals surface area contributed by atoms with Crippen molar-refractivity contribution in [1.29, 1.82) is 0 Å². The normalized spacial score (nSPS) is 18.4. The fourth-order valence-electron chi connectivity index (χ4n) is 4.24. The van der Waals surface area contributed by atoms with Gasteiger partial charge in [-0.2, -0.15) is 10.2 Å². The molecule has 0 saturated carbocycles. The molecule has 5 rings (SSSR count). The minimum absolute atomic E-state index is 0.0292. The number of nitrogens with zero attached hydrogens (tertiary/aromatic N) is 4. The Labute approximate surface area is 195 Å². The first-order valence-electron chi connectivity index (χ1n) is 11.2. The zero-order valence-corrected chi connectivity index (χ0v) is 18.4. The molecule has 1 heterocycles. The molecule has 1 fully saturated rings. The van der Waals surface area contributed by atoms with Crippen molar-refractivity contribution in [1.82, 2.24) is 10.0 Å². The molecule has 0 spiro atoms. The highest BCUT2D eigenvalue weighted by Gasteiger charge is 2.41. The van der Waals surface area contributed by atoms with Crippen LogP contribution in [-0.4, -0.2) is 29.1 Å². The van der Waals surface area contributed by atoms with Gasteiger partial charge in [-0.1, -0.05) is 121 Å². The van der Waals surface area contributed by atoms with Crippen molar-refractivity contribution in [2.24, 2.45) is 10.2 Å². The Bertz CT molecular complexity index is 1090. The van der Waals surface area contributed by atoms with Crippen LogP contribution in [0.2, 0.25) is 0 Å². The lowest BCUT2D eigenvalue weighted by atomic mass is 9.94. The fraction of sp³-hybridized carbons (Fsp3) is 0.103. The maximum atomic E-state index is 4.93. The largest absolute Gasteiger partial charge is 0.266 e. The van der Waals surface area contributed by atoms with Crippen LogP contribution in [0.3, 0.4) is 0 Å². The van der Waals surface area contributed by atoms with Gasteiger partial charge in [0.2, 0.25) is 0 Å². The minimum Gasteiger partial charge on any atom is -0.266 e. The second-order valence-corrected chi connectivity index (χ2v) is 8.04. The molecule has 1 aliphatic heterocycles. The first-order chi connectivity index (χ1) is 16.4. The van der Waals surface area contributed by atoms with Crippen molar-refractivity contribution in [3.8, 4) is 0 Å². The quantitative estimate of drug-likeness (QED) is 0.346. The summed E-state index contributed by atoms with van der Waals surface area (Å²) in [5.41, 5.74) is 4.58. The molecule has 0 amide bonds. The van der Waals surface area contributed by atoms with E-state index in [4.69, 9.17) is 10.2 Å². The highest BCUT2D eigenvalue weighted by molar-refractivity contribution is 5.79. The Morgan fingerprint density at radius 1 is 0.485 bits per heavy atom. The average Bonchev–Trinajstić information content (AvgIpc) is 3.27. The Morgan fingerprint density at radius 3 is 1.18 bits per heavy atom. The molecule has 0 aliphatic carbocycles. The lowest BCUT2D eigenvalue weighted by Crippen LogP contribution is -2.20. The summed E-state index contributed by atoms with van der Waals surface area (Å²) in [6.45, 7) is 0.589. The number of hydrazone groups is 2. The lowest BCUT2D eigenvalue weighted by molar-refractivity contribution is 0.233. The topological polar surface area (TPSA) is 31.2 Å². The highest BCUT2D eigenvalue weighted by atomic mass is 15.7. The van der Waals surface area contributed by atoms with E-state index in [9.17, 15) is 0 Å². The molecule has 2 unspecified atom stereocenters. The van der Waals surface area contributed by atoms with Crippen molar-refractivity contribution in [2.75, 3.05) is 6.67 Å². The van der Waals surface area contributed by atoms with Crippen LogP contribution >= 0.6 is 0 Å². The molecular formula is C29H26N4. The van der Waals surface area contributed by atoms with Gasteiger partial charge < -0.3 is 0 Å². The number of benzene rings is 4. The van der Waals surface area contributed by atoms with Crippen molar-refractivity contribution >= 4 is 12.4 Å². The molecule has 0 aromatic heterocycles. The SMILES string of the molecule is C(=N\N1CN(/N=C/c2ccccc2)C(c2ccccc2)C1c1ccccc1)/c1ccccc1. The number of hydrogen-bond acceptors (Lipinski definition) is 4. The van der Waals surface area contributed by atoms with E-state index >= 15 is 0 Å².